The smallest absolute Gasteiger partial charge is 0.234 e. The number of nitrogens with zero attached hydrogens (tertiary/aromatic N) is 2. The Balaban J connectivity index is 2.03. The summed E-state index contributed by atoms with van der Waals surface area (Å²) in [6.07, 6.45) is 0. The molecule has 1 aromatic heterocycles. The summed E-state index contributed by atoms with van der Waals surface area (Å²) < 4.78 is 0. The van der Waals surface area contributed by atoms with Crippen molar-refractivity contribution in [1.29, 1.82) is 0 Å². The number of benzene rings is 1. The van der Waals surface area contributed by atoms with Gasteiger partial charge < -0.3 is 16.8 Å². The molecule has 0 aliphatic carbocycles. The number of nitrogen functional groups attached to an aromatic ring is 2. The average molecular weight is 331 g/mol. The van der Waals surface area contributed by atoms with E-state index in [1.54, 1.807) is 0 Å². The van der Waals surface area contributed by atoms with Crippen molar-refractivity contribution in [3.8, 4) is 0 Å². The summed E-state index contributed by atoms with van der Waals surface area (Å²) in [5.74, 6) is 0.634. The Morgan fingerprint density at radius 3 is 2.39 bits per heavy atom. The van der Waals surface area contributed by atoms with Crippen molar-refractivity contribution in [2.75, 3.05) is 22.5 Å². The van der Waals surface area contributed by atoms with Gasteiger partial charge in [-0.1, -0.05) is 50.7 Å². The van der Waals surface area contributed by atoms with Crippen LogP contribution >= 0.6 is 11.8 Å². The van der Waals surface area contributed by atoms with Crippen molar-refractivity contribution in [3.05, 3.63) is 35.9 Å². The maximum atomic E-state index is 12.2. The number of hydrogen-bond acceptors (Lipinski definition) is 6. The van der Waals surface area contributed by atoms with Crippen LogP contribution in [0.3, 0.4) is 0 Å². The molecule has 23 heavy (non-hydrogen) atoms. The molecule has 1 amide bonds. The molecule has 122 valence electrons. The lowest BCUT2D eigenvalue weighted by atomic mass is 9.86. The lowest BCUT2D eigenvalue weighted by Crippen LogP contribution is -2.20. The van der Waals surface area contributed by atoms with Crippen LogP contribution in [-0.2, 0) is 10.2 Å². The molecule has 2 rings (SSSR count). The number of aromatic nitrogens is 2. The highest BCUT2D eigenvalue weighted by Crippen LogP contribution is 2.29. The largest absolute Gasteiger partial charge is 0.383 e. The quantitative estimate of drug-likeness (QED) is 0.587. The van der Waals surface area contributed by atoms with Gasteiger partial charge in [0.25, 0.3) is 0 Å². The first-order chi connectivity index (χ1) is 10.8. The van der Waals surface area contributed by atoms with E-state index in [0.717, 1.165) is 11.3 Å². The molecule has 0 aliphatic rings. The van der Waals surface area contributed by atoms with Gasteiger partial charge in [-0.15, -0.1) is 0 Å². The zero-order chi connectivity index (χ0) is 17.0. The van der Waals surface area contributed by atoms with E-state index in [1.165, 1.54) is 17.8 Å². The van der Waals surface area contributed by atoms with Gasteiger partial charge in [0.2, 0.25) is 5.91 Å². The van der Waals surface area contributed by atoms with Gasteiger partial charge in [0.05, 0.1) is 5.75 Å². The fourth-order valence-electron chi connectivity index (χ4n) is 2.09. The van der Waals surface area contributed by atoms with Gasteiger partial charge in [-0.25, -0.2) is 9.97 Å². The molecule has 0 fully saturated rings. The van der Waals surface area contributed by atoms with Gasteiger partial charge >= 0.3 is 0 Å². The maximum absolute atomic E-state index is 12.2. The second kappa shape index (κ2) is 6.87. The van der Waals surface area contributed by atoms with Gasteiger partial charge in [-0.05, 0) is 17.0 Å². The van der Waals surface area contributed by atoms with Gasteiger partial charge in [-0.3, -0.25) is 4.79 Å². The summed E-state index contributed by atoms with van der Waals surface area (Å²) >= 11 is 1.20. The predicted octanol–water partition coefficient (Wildman–Crippen LogP) is 2.67. The number of nitrogens with one attached hydrogen (secondary N) is 1. The SMILES string of the molecule is CC(C)(C)c1ccccc1NC(=O)CSc1nc(N)cc(N)n1. The summed E-state index contributed by atoms with van der Waals surface area (Å²) in [7, 11) is 0. The van der Waals surface area contributed by atoms with Crippen molar-refractivity contribution in [3.63, 3.8) is 0 Å². The Morgan fingerprint density at radius 1 is 1.17 bits per heavy atom. The Bertz CT molecular complexity index is 692. The van der Waals surface area contributed by atoms with Gasteiger partial charge in [0.15, 0.2) is 5.16 Å². The minimum absolute atomic E-state index is 0.0531. The van der Waals surface area contributed by atoms with Crippen LogP contribution in [0, 0.1) is 0 Å². The Hall–Kier alpha value is -2.28. The third kappa shape index (κ3) is 4.85. The number of anilines is 3. The lowest BCUT2D eigenvalue weighted by Gasteiger charge is -2.22. The van der Waals surface area contributed by atoms with E-state index >= 15 is 0 Å². The van der Waals surface area contributed by atoms with Crippen LogP contribution in [0.4, 0.5) is 17.3 Å². The molecular formula is C16H21N5OS. The first kappa shape index (κ1) is 17.1. The minimum atomic E-state index is -0.128. The summed E-state index contributed by atoms with van der Waals surface area (Å²) in [5, 5.41) is 3.33. The van der Waals surface area contributed by atoms with Gasteiger partial charge in [0.1, 0.15) is 11.6 Å². The summed E-state index contributed by atoms with van der Waals surface area (Å²) in [5.41, 5.74) is 13.1. The van der Waals surface area contributed by atoms with Crippen LogP contribution in [0.5, 0.6) is 0 Å². The molecule has 6 nitrogen and oxygen atoms in total. The molecule has 1 aromatic carbocycles. The molecule has 0 aliphatic heterocycles. The fourth-order valence-corrected chi connectivity index (χ4v) is 2.76. The van der Waals surface area contributed by atoms with Crippen molar-refractivity contribution in [2.24, 2.45) is 0 Å². The number of hydrogen-bond donors (Lipinski definition) is 3. The molecule has 0 bridgehead atoms. The highest BCUT2D eigenvalue weighted by Gasteiger charge is 2.18. The molecular weight excluding hydrogens is 310 g/mol. The Kier molecular flexibility index (Phi) is 5.10. The van der Waals surface area contributed by atoms with E-state index in [1.807, 2.05) is 24.3 Å². The van der Waals surface area contributed by atoms with Gasteiger partial charge in [0, 0.05) is 11.8 Å². The molecule has 5 N–H and O–H groups in total. The van der Waals surface area contributed by atoms with Crippen LogP contribution < -0.4 is 16.8 Å². The Labute approximate surface area is 140 Å². The number of rotatable bonds is 4. The van der Waals surface area contributed by atoms with E-state index in [0.29, 0.717) is 16.8 Å². The standard InChI is InChI=1S/C16H21N5OS/c1-16(2,3)10-6-4-5-7-11(10)19-14(22)9-23-15-20-12(17)8-13(18)21-15/h4-8H,9H2,1-3H3,(H,19,22)(H4,17,18,20,21). The molecule has 7 heteroatoms. The number of nitrogens with two attached hydrogens (primary N) is 2. The third-order valence-electron chi connectivity index (χ3n) is 3.09. The summed E-state index contributed by atoms with van der Waals surface area (Å²) in [4.78, 5) is 20.3. The predicted molar refractivity (Wildman–Crippen MR) is 95.4 cm³/mol. The van der Waals surface area contributed by atoms with Crippen LogP contribution in [0.25, 0.3) is 0 Å². The number of thioether (sulfide) groups is 1. The highest BCUT2D eigenvalue weighted by atomic mass is 32.2. The minimum Gasteiger partial charge on any atom is -0.383 e. The first-order valence-electron chi connectivity index (χ1n) is 7.18. The molecule has 0 spiro atoms. The van der Waals surface area contributed by atoms with Crippen LogP contribution in [0.2, 0.25) is 0 Å². The molecule has 0 atom stereocenters. The third-order valence-corrected chi connectivity index (χ3v) is 3.93. The molecule has 0 saturated heterocycles. The monoisotopic (exact) mass is 331 g/mol. The highest BCUT2D eigenvalue weighted by molar-refractivity contribution is 7.99. The second-order valence-electron chi connectivity index (χ2n) is 6.13. The van der Waals surface area contributed by atoms with Crippen molar-refractivity contribution < 1.29 is 4.79 Å². The van der Waals surface area contributed by atoms with Crippen molar-refractivity contribution in [2.45, 2.75) is 31.3 Å². The van der Waals surface area contributed by atoms with Gasteiger partial charge in [-0.2, -0.15) is 0 Å². The summed E-state index contributed by atoms with van der Waals surface area (Å²) in [6, 6.07) is 9.26. The van der Waals surface area contributed by atoms with E-state index in [9.17, 15) is 4.79 Å². The fraction of sp³-hybridized carbons (Fsp3) is 0.312. The first-order valence-corrected chi connectivity index (χ1v) is 8.16. The van der Waals surface area contributed by atoms with Crippen LogP contribution in [0.15, 0.2) is 35.5 Å². The van der Waals surface area contributed by atoms with E-state index < -0.39 is 0 Å². The second-order valence-corrected chi connectivity index (χ2v) is 7.08. The molecule has 0 saturated carbocycles. The molecule has 0 radical (unpaired) electrons. The van der Waals surface area contributed by atoms with E-state index in [2.05, 4.69) is 36.1 Å². The lowest BCUT2D eigenvalue weighted by molar-refractivity contribution is -0.113. The number of para-hydroxylation sites is 1. The van der Waals surface area contributed by atoms with E-state index in [4.69, 9.17) is 11.5 Å². The molecule has 1 heterocycles. The van der Waals surface area contributed by atoms with Crippen LogP contribution in [0.1, 0.15) is 26.3 Å². The zero-order valence-electron chi connectivity index (χ0n) is 13.5. The molecule has 0 unspecified atom stereocenters. The zero-order valence-corrected chi connectivity index (χ0v) is 14.3. The van der Waals surface area contributed by atoms with Crippen molar-refractivity contribution >= 4 is 35.0 Å². The molecule has 2 aromatic rings. The number of carbonyl (C=O) groups is 1. The van der Waals surface area contributed by atoms with Crippen molar-refractivity contribution in [1.82, 2.24) is 9.97 Å². The number of carbonyl (C=O) groups excluding carboxylic acids is 1. The Morgan fingerprint density at radius 2 is 1.78 bits per heavy atom. The maximum Gasteiger partial charge on any atom is 0.234 e. The van der Waals surface area contributed by atoms with E-state index in [-0.39, 0.29) is 17.1 Å². The topological polar surface area (TPSA) is 107 Å². The normalized spacial score (nSPS) is 11.3. The van der Waals surface area contributed by atoms with Crippen LogP contribution in [-0.4, -0.2) is 21.6 Å². The average Bonchev–Trinajstić information content (AvgIpc) is 2.43. The number of amides is 1. The summed E-state index contributed by atoms with van der Waals surface area (Å²) in [6.45, 7) is 6.32.